The highest BCUT2D eigenvalue weighted by molar-refractivity contribution is 5.84. The van der Waals surface area contributed by atoms with Gasteiger partial charge < -0.3 is 4.90 Å². The van der Waals surface area contributed by atoms with Crippen LogP contribution in [0.25, 0.3) is 0 Å². The van der Waals surface area contributed by atoms with Crippen LogP contribution < -0.4 is 5.32 Å². The Morgan fingerprint density at radius 1 is 1.33 bits per heavy atom. The normalized spacial score (nSPS) is 33.3. The average molecular weight is 210 g/mol. The van der Waals surface area contributed by atoms with Crippen LogP contribution in [0.4, 0.5) is 0 Å². The molecule has 2 fully saturated rings. The maximum absolute atomic E-state index is 12.0. The first kappa shape index (κ1) is 10.9. The van der Waals surface area contributed by atoms with Gasteiger partial charge in [0.05, 0.1) is 12.2 Å². The Balaban J connectivity index is 2.05. The number of likely N-dealkylation sites (N-methyl/N-ethyl adjacent to an activating group) is 1. The van der Waals surface area contributed by atoms with Crippen molar-refractivity contribution in [2.75, 3.05) is 7.05 Å². The van der Waals surface area contributed by atoms with Gasteiger partial charge in [-0.2, -0.15) is 0 Å². The van der Waals surface area contributed by atoms with Gasteiger partial charge in [-0.3, -0.25) is 10.1 Å². The van der Waals surface area contributed by atoms with Crippen molar-refractivity contribution in [3.8, 4) is 0 Å². The van der Waals surface area contributed by atoms with E-state index in [4.69, 9.17) is 0 Å². The molecule has 2 aliphatic rings. The molecule has 1 heterocycles. The molecule has 1 saturated heterocycles. The van der Waals surface area contributed by atoms with Crippen molar-refractivity contribution >= 4 is 5.91 Å². The molecular formula is C12H22N2O. The van der Waals surface area contributed by atoms with Crippen LogP contribution in [0, 0.1) is 11.8 Å². The van der Waals surface area contributed by atoms with E-state index in [1.165, 1.54) is 25.7 Å². The van der Waals surface area contributed by atoms with Crippen molar-refractivity contribution in [1.82, 2.24) is 10.2 Å². The first-order valence-corrected chi connectivity index (χ1v) is 6.14. The van der Waals surface area contributed by atoms with E-state index in [1.54, 1.807) is 0 Å². The molecule has 2 atom stereocenters. The third-order valence-corrected chi connectivity index (χ3v) is 3.89. The number of carbonyl (C=O) groups is 1. The van der Waals surface area contributed by atoms with Gasteiger partial charge in [0, 0.05) is 7.05 Å². The van der Waals surface area contributed by atoms with E-state index in [1.807, 2.05) is 11.9 Å². The topological polar surface area (TPSA) is 32.3 Å². The summed E-state index contributed by atoms with van der Waals surface area (Å²) >= 11 is 0. The smallest absolute Gasteiger partial charge is 0.241 e. The maximum Gasteiger partial charge on any atom is 0.241 e. The average Bonchev–Trinajstić information content (AvgIpc) is 2.77. The third-order valence-electron chi connectivity index (χ3n) is 3.89. The predicted octanol–water partition coefficient (Wildman–Crippen LogP) is 1.59. The number of hydrogen-bond donors (Lipinski definition) is 1. The van der Waals surface area contributed by atoms with Crippen LogP contribution >= 0.6 is 0 Å². The lowest BCUT2D eigenvalue weighted by molar-refractivity contribution is -0.129. The molecule has 0 spiro atoms. The van der Waals surface area contributed by atoms with Gasteiger partial charge in [0.25, 0.3) is 0 Å². The fraction of sp³-hybridized carbons (Fsp3) is 0.917. The summed E-state index contributed by atoms with van der Waals surface area (Å²) in [7, 11) is 1.95. The molecule has 2 unspecified atom stereocenters. The number of carbonyl (C=O) groups excluding carboxylic acids is 1. The molecule has 1 amide bonds. The molecule has 2 rings (SSSR count). The monoisotopic (exact) mass is 210 g/mol. The molecule has 1 saturated carbocycles. The summed E-state index contributed by atoms with van der Waals surface area (Å²) in [5.74, 6) is 1.36. The van der Waals surface area contributed by atoms with E-state index >= 15 is 0 Å². The predicted molar refractivity (Wildman–Crippen MR) is 60.3 cm³/mol. The first-order valence-electron chi connectivity index (χ1n) is 6.14. The second kappa shape index (κ2) is 4.12. The van der Waals surface area contributed by atoms with Gasteiger partial charge >= 0.3 is 0 Å². The van der Waals surface area contributed by atoms with Crippen LogP contribution in [0.2, 0.25) is 0 Å². The molecule has 3 nitrogen and oxygen atoms in total. The zero-order chi connectivity index (χ0) is 11.0. The van der Waals surface area contributed by atoms with Crippen LogP contribution in [0.3, 0.4) is 0 Å². The fourth-order valence-corrected chi connectivity index (χ4v) is 2.93. The zero-order valence-corrected chi connectivity index (χ0v) is 9.99. The van der Waals surface area contributed by atoms with Gasteiger partial charge in [0.2, 0.25) is 5.91 Å². The second-order valence-corrected chi connectivity index (χ2v) is 5.33. The molecular weight excluding hydrogens is 188 g/mol. The molecule has 1 N–H and O–H groups in total. The zero-order valence-electron chi connectivity index (χ0n) is 9.99. The molecule has 3 heteroatoms. The van der Waals surface area contributed by atoms with Crippen molar-refractivity contribution in [3.63, 3.8) is 0 Å². The molecule has 86 valence electrons. The van der Waals surface area contributed by atoms with E-state index in [9.17, 15) is 4.79 Å². The molecule has 1 aliphatic heterocycles. The van der Waals surface area contributed by atoms with Gasteiger partial charge in [0.15, 0.2) is 0 Å². The molecule has 15 heavy (non-hydrogen) atoms. The SMILES string of the molecule is CC(C)C1NC(C2CCCC2)N(C)C1=O. The van der Waals surface area contributed by atoms with Crippen molar-refractivity contribution in [2.45, 2.75) is 51.7 Å². The molecule has 0 aromatic rings. The van der Waals surface area contributed by atoms with E-state index in [2.05, 4.69) is 19.2 Å². The van der Waals surface area contributed by atoms with Crippen molar-refractivity contribution < 1.29 is 4.79 Å². The van der Waals surface area contributed by atoms with Crippen molar-refractivity contribution in [3.05, 3.63) is 0 Å². The molecule has 0 aromatic heterocycles. The maximum atomic E-state index is 12.0. The number of nitrogens with one attached hydrogen (secondary N) is 1. The number of hydrogen-bond acceptors (Lipinski definition) is 2. The number of nitrogens with zero attached hydrogens (tertiary/aromatic N) is 1. The first-order chi connectivity index (χ1) is 7.11. The van der Waals surface area contributed by atoms with E-state index < -0.39 is 0 Å². The van der Waals surface area contributed by atoms with Crippen LogP contribution in [-0.2, 0) is 4.79 Å². The quantitative estimate of drug-likeness (QED) is 0.750. The fourth-order valence-electron chi connectivity index (χ4n) is 2.93. The largest absolute Gasteiger partial charge is 0.329 e. The Bertz CT molecular complexity index is 246. The van der Waals surface area contributed by atoms with Gasteiger partial charge in [-0.05, 0) is 24.7 Å². The Morgan fingerprint density at radius 3 is 2.40 bits per heavy atom. The van der Waals surface area contributed by atoms with Crippen LogP contribution in [0.15, 0.2) is 0 Å². The van der Waals surface area contributed by atoms with Crippen molar-refractivity contribution in [2.24, 2.45) is 11.8 Å². The molecule has 0 bridgehead atoms. The van der Waals surface area contributed by atoms with Gasteiger partial charge in [0.1, 0.15) is 0 Å². The second-order valence-electron chi connectivity index (χ2n) is 5.33. The minimum atomic E-state index is 0.0422. The van der Waals surface area contributed by atoms with Crippen LogP contribution in [-0.4, -0.2) is 30.1 Å². The van der Waals surface area contributed by atoms with E-state index in [-0.39, 0.29) is 11.9 Å². The highest BCUT2D eigenvalue weighted by Crippen LogP contribution is 2.32. The summed E-state index contributed by atoms with van der Waals surface area (Å²) in [4.78, 5) is 13.9. The summed E-state index contributed by atoms with van der Waals surface area (Å²) in [5, 5.41) is 3.51. The lowest BCUT2D eigenvalue weighted by atomic mass is 10.0. The minimum absolute atomic E-state index is 0.0422. The Labute approximate surface area is 92.2 Å². The molecule has 1 aliphatic carbocycles. The van der Waals surface area contributed by atoms with Gasteiger partial charge in [-0.15, -0.1) is 0 Å². The highest BCUT2D eigenvalue weighted by atomic mass is 16.2. The van der Waals surface area contributed by atoms with Gasteiger partial charge in [-0.1, -0.05) is 26.7 Å². The summed E-state index contributed by atoms with van der Waals surface area (Å²) in [6.07, 6.45) is 5.52. The highest BCUT2D eigenvalue weighted by Gasteiger charge is 2.42. The molecule has 0 radical (unpaired) electrons. The lowest BCUT2D eigenvalue weighted by Gasteiger charge is -2.25. The number of rotatable bonds is 2. The molecule has 0 aromatic carbocycles. The van der Waals surface area contributed by atoms with Gasteiger partial charge in [-0.25, -0.2) is 0 Å². The Kier molecular flexibility index (Phi) is 3.01. The number of amides is 1. The van der Waals surface area contributed by atoms with Crippen LogP contribution in [0.5, 0.6) is 0 Å². The summed E-state index contributed by atoms with van der Waals surface area (Å²) in [6, 6.07) is 0.0422. The third kappa shape index (κ3) is 1.89. The van der Waals surface area contributed by atoms with E-state index in [0.717, 1.165) is 0 Å². The van der Waals surface area contributed by atoms with Crippen molar-refractivity contribution in [1.29, 1.82) is 0 Å². The Hall–Kier alpha value is -0.570. The summed E-state index contributed by atoms with van der Waals surface area (Å²) < 4.78 is 0. The minimum Gasteiger partial charge on any atom is -0.329 e. The standard InChI is InChI=1S/C12H22N2O/c1-8(2)10-12(15)14(3)11(13-10)9-6-4-5-7-9/h8-11,13H,4-7H2,1-3H3. The van der Waals surface area contributed by atoms with Crippen LogP contribution in [0.1, 0.15) is 39.5 Å². The Morgan fingerprint density at radius 2 is 1.93 bits per heavy atom. The lowest BCUT2D eigenvalue weighted by Crippen LogP contribution is -2.41. The summed E-state index contributed by atoms with van der Waals surface area (Å²) in [6.45, 7) is 4.22. The summed E-state index contributed by atoms with van der Waals surface area (Å²) in [5.41, 5.74) is 0. The van der Waals surface area contributed by atoms with E-state index in [0.29, 0.717) is 18.0 Å².